The summed E-state index contributed by atoms with van der Waals surface area (Å²) >= 11 is 5.97. The number of aromatic nitrogens is 3. The van der Waals surface area contributed by atoms with Gasteiger partial charge in [0, 0.05) is 56.1 Å². The largest absolute Gasteiger partial charge is 0.312 e. The molecule has 1 fully saturated rings. The highest BCUT2D eigenvalue weighted by molar-refractivity contribution is 6.30. The maximum Gasteiger partial charge on any atom is 0.258 e. The van der Waals surface area contributed by atoms with Crippen LogP contribution in [-0.2, 0) is 13.1 Å². The molecule has 0 spiro atoms. The molecule has 3 aromatic rings. The smallest absolute Gasteiger partial charge is 0.258 e. The topological polar surface area (TPSA) is 59.6 Å². The van der Waals surface area contributed by atoms with Crippen molar-refractivity contribution < 1.29 is 0 Å². The Morgan fingerprint density at radius 1 is 1.07 bits per heavy atom. The van der Waals surface area contributed by atoms with Crippen molar-refractivity contribution in [2.24, 2.45) is 5.92 Å². The van der Waals surface area contributed by atoms with Gasteiger partial charge in [-0.1, -0.05) is 17.7 Å². The first-order valence-electron chi connectivity index (χ1n) is 9.17. The molecule has 7 heteroatoms. The van der Waals surface area contributed by atoms with Crippen molar-refractivity contribution in [3.63, 3.8) is 0 Å². The molecule has 0 amide bonds. The van der Waals surface area contributed by atoms with E-state index in [-0.39, 0.29) is 11.1 Å². The van der Waals surface area contributed by atoms with E-state index >= 15 is 0 Å². The van der Waals surface area contributed by atoms with E-state index in [1.807, 2.05) is 10.6 Å². The van der Waals surface area contributed by atoms with Gasteiger partial charge in [-0.15, -0.1) is 0 Å². The normalized spacial score (nSPS) is 22.0. The summed E-state index contributed by atoms with van der Waals surface area (Å²) < 4.78 is 3.40. The quantitative estimate of drug-likeness (QED) is 0.681. The Kier molecular flexibility index (Phi) is 3.91. The van der Waals surface area contributed by atoms with E-state index in [4.69, 9.17) is 11.6 Å². The molecule has 0 saturated carbocycles. The van der Waals surface area contributed by atoms with E-state index in [1.54, 1.807) is 30.5 Å². The van der Waals surface area contributed by atoms with Crippen LogP contribution >= 0.6 is 11.6 Å². The highest BCUT2D eigenvalue weighted by Crippen LogP contribution is 2.35. The molecule has 0 unspecified atom stereocenters. The van der Waals surface area contributed by atoms with Crippen LogP contribution in [0.2, 0.25) is 5.02 Å². The molecule has 0 radical (unpaired) electrons. The van der Waals surface area contributed by atoms with Crippen molar-refractivity contribution in [2.45, 2.75) is 25.4 Å². The second-order valence-corrected chi connectivity index (χ2v) is 7.99. The number of hydrogen-bond acceptors (Lipinski definition) is 4. The lowest BCUT2D eigenvalue weighted by Crippen LogP contribution is -2.46. The molecule has 2 aliphatic heterocycles. The van der Waals surface area contributed by atoms with E-state index in [0.29, 0.717) is 29.1 Å². The predicted octanol–water partition coefficient (Wildman–Crippen LogP) is 2.13. The molecular weight excluding hydrogens is 364 g/mol. The average molecular weight is 383 g/mol. The monoisotopic (exact) mass is 382 g/mol. The summed E-state index contributed by atoms with van der Waals surface area (Å²) in [6.45, 7) is 3.20. The molecule has 2 aliphatic rings. The number of likely N-dealkylation sites (tertiary alicyclic amines) is 1. The van der Waals surface area contributed by atoms with E-state index in [2.05, 4.69) is 16.0 Å². The fourth-order valence-electron chi connectivity index (χ4n) is 4.56. The first-order chi connectivity index (χ1) is 13.1. The fourth-order valence-corrected chi connectivity index (χ4v) is 4.72. The zero-order chi connectivity index (χ0) is 18.5. The number of hydrogen-bond donors (Lipinski definition) is 0. The van der Waals surface area contributed by atoms with Gasteiger partial charge in [-0.05, 0) is 30.5 Å². The summed E-state index contributed by atoms with van der Waals surface area (Å²) in [6, 6.07) is 10.7. The van der Waals surface area contributed by atoms with Crippen LogP contribution in [0, 0.1) is 5.92 Å². The first kappa shape index (κ1) is 16.7. The van der Waals surface area contributed by atoms with Gasteiger partial charge in [0.25, 0.3) is 11.1 Å². The Morgan fingerprint density at radius 3 is 2.85 bits per heavy atom. The van der Waals surface area contributed by atoms with Crippen molar-refractivity contribution in [2.75, 3.05) is 13.1 Å². The van der Waals surface area contributed by atoms with Gasteiger partial charge in [-0.25, -0.2) is 4.98 Å². The van der Waals surface area contributed by atoms with E-state index < -0.39 is 0 Å². The van der Waals surface area contributed by atoms with Crippen LogP contribution in [0.15, 0.2) is 52.2 Å². The number of nitrogens with zero attached hydrogens (tertiary/aromatic N) is 4. The Hall–Kier alpha value is -2.44. The summed E-state index contributed by atoms with van der Waals surface area (Å²) in [5, 5.41) is 0.511. The third kappa shape index (κ3) is 2.99. The first-order valence-corrected chi connectivity index (χ1v) is 9.54. The van der Waals surface area contributed by atoms with Crippen molar-refractivity contribution in [3.05, 3.63) is 79.7 Å². The van der Waals surface area contributed by atoms with Gasteiger partial charge in [-0.2, -0.15) is 0 Å². The average Bonchev–Trinajstić information content (AvgIpc) is 2.63. The van der Waals surface area contributed by atoms with Gasteiger partial charge in [0.05, 0.1) is 10.7 Å². The number of halogens is 1. The van der Waals surface area contributed by atoms with Crippen molar-refractivity contribution in [1.29, 1.82) is 0 Å². The fraction of sp³-hybridized carbons (Fsp3) is 0.350. The standard InChI is InChI=1S/C20H19ClN4O2/c21-15-4-5-18-22-16(7-20(27)25(18)11-15)12-23-8-13-6-14(10-23)17-2-1-3-19(26)24(17)9-13/h1-5,7,11,13-14H,6,8-10,12H2/t13-,14+/m1/s1. The minimum atomic E-state index is -0.119. The molecule has 3 aromatic heterocycles. The van der Waals surface area contributed by atoms with Gasteiger partial charge in [0.2, 0.25) is 0 Å². The molecule has 0 aliphatic carbocycles. The maximum absolute atomic E-state index is 12.4. The number of rotatable bonds is 2. The zero-order valence-electron chi connectivity index (χ0n) is 14.7. The summed E-state index contributed by atoms with van der Waals surface area (Å²) in [5.41, 5.74) is 2.48. The molecule has 2 atom stereocenters. The highest BCUT2D eigenvalue weighted by Gasteiger charge is 2.34. The second kappa shape index (κ2) is 6.32. The van der Waals surface area contributed by atoms with Gasteiger partial charge < -0.3 is 4.57 Å². The summed E-state index contributed by atoms with van der Waals surface area (Å²) in [7, 11) is 0. The lowest BCUT2D eigenvalue weighted by molar-refractivity contribution is 0.113. The second-order valence-electron chi connectivity index (χ2n) is 7.55. The summed E-state index contributed by atoms with van der Waals surface area (Å²) in [5.74, 6) is 0.809. The van der Waals surface area contributed by atoms with Crippen LogP contribution in [-0.4, -0.2) is 31.9 Å². The van der Waals surface area contributed by atoms with Crippen LogP contribution in [0.4, 0.5) is 0 Å². The van der Waals surface area contributed by atoms with Crippen LogP contribution < -0.4 is 11.1 Å². The molecule has 6 nitrogen and oxygen atoms in total. The van der Waals surface area contributed by atoms with Gasteiger partial charge in [0.15, 0.2) is 0 Å². The Labute approximate surface area is 160 Å². The van der Waals surface area contributed by atoms with E-state index in [9.17, 15) is 9.59 Å². The number of fused-ring (bicyclic) bond motifs is 5. The van der Waals surface area contributed by atoms with Crippen LogP contribution in [0.3, 0.4) is 0 Å². The van der Waals surface area contributed by atoms with Crippen molar-refractivity contribution >= 4 is 17.2 Å². The minimum Gasteiger partial charge on any atom is -0.312 e. The zero-order valence-corrected chi connectivity index (χ0v) is 15.5. The molecule has 0 aromatic carbocycles. The predicted molar refractivity (Wildman–Crippen MR) is 103 cm³/mol. The summed E-state index contributed by atoms with van der Waals surface area (Å²) in [4.78, 5) is 31.5. The number of piperidine rings is 1. The van der Waals surface area contributed by atoms with Crippen molar-refractivity contribution in [3.8, 4) is 0 Å². The van der Waals surface area contributed by atoms with Gasteiger partial charge in [0.1, 0.15) is 5.65 Å². The molecule has 27 heavy (non-hydrogen) atoms. The van der Waals surface area contributed by atoms with Crippen LogP contribution in [0.1, 0.15) is 23.7 Å². The van der Waals surface area contributed by atoms with E-state index in [1.165, 1.54) is 4.40 Å². The lowest BCUT2D eigenvalue weighted by atomic mass is 9.83. The van der Waals surface area contributed by atoms with Gasteiger partial charge >= 0.3 is 0 Å². The molecule has 5 heterocycles. The molecule has 138 valence electrons. The molecule has 5 rings (SSSR count). The molecule has 0 N–H and O–H groups in total. The van der Waals surface area contributed by atoms with Crippen molar-refractivity contribution in [1.82, 2.24) is 18.9 Å². The Morgan fingerprint density at radius 2 is 1.96 bits per heavy atom. The lowest BCUT2D eigenvalue weighted by Gasteiger charge is -2.42. The van der Waals surface area contributed by atoms with Crippen LogP contribution in [0.5, 0.6) is 0 Å². The van der Waals surface area contributed by atoms with Gasteiger partial charge in [-0.3, -0.25) is 18.9 Å². The maximum atomic E-state index is 12.4. The Balaban J connectivity index is 1.43. The third-order valence-corrected chi connectivity index (χ3v) is 5.84. The molecule has 1 saturated heterocycles. The Bertz CT molecular complexity index is 1150. The molecule has 2 bridgehead atoms. The number of pyridine rings is 2. The molecular formula is C20H19ClN4O2. The van der Waals surface area contributed by atoms with Crippen LogP contribution in [0.25, 0.3) is 5.65 Å². The highest BCUT2D eigenvalue weighted by atomic mass is 35.5. The minimum absolute atomic E-state index is 0.0959. The third-order valence-electron chi connectivity index (χ3n) is 5.62. The van der Waals surface area contributed by atoms with E-state index in [0.717, 1.165) is 37.4 Å². The summed E-state index contributed by atoms with van der Waals surface area (Å²) in [6.07, 6.45) is 2.71. The SMILES string of the molecule is O=c1cccc2n1C[C@@H]1C[C@H]2CN(Cc2cc(=O)n3cc(Cl)ccc3n2)C1.